The quantitative estimate of drug-likeness (QED) is 0.228. The third-order valence-electron chi connectivity index (χ3n) is 4.68. The standard InChI is InChI=1S/C21H39N.Mn/c1-2-3-4-5-6-7-8-9-10-11-12-13-14-16-19-22-20-17-15-18-21-22;/h15,17-18,20H,2-14,16,19,21H2,1H3;. The van der Waals surface area contributed by atoms with Crippen LogP contribution in [0, 0.1) is 0 Å². The van der Waals surface area contributed by atoms with Gasteiger partial charge in [-0.1, -0.05) is 103 Å². The first-order chi connectivity index (χ1) is 10.9. The van der Waals surface area contributed by atoms with Gasteiger partial charge in [-0.25, -0.2) is 0 Å². The van der Waals surface area contributed by atoms with Gasteiger partial charge in [-0.3, -0.25) is 0 Å². The van der Waals surface area contributed by atoms with E-state index >= 15 is 0 Å². The Morgan fingerprint density at radius 3 is 1.57 bits per heavy atom. The molecule has 0 unspecified atom stereocenters. The molecule has 135 valence electrons. The molecule has 1 radical (unpaired) electrons. The van der Waals surface area contributed by atoms with Crippen LogP contribution in [0.5, 0.6) is 0 Å². The average molecular weight is 360 g/mol. The van der Waals surface area contributed by atoms with Gasteiger partial charge in [0.05, 0.1) is 0 Å². The molecule has 0 aromatic rings. The molecule has 0 aliphatic carbocycles. The van der Waals surface area contributed by atoms with Crippen molar-refractivity contribution in [2.75, 3.05) is 13.1 Å². The van der Waals surface area contributed by atoms with Crippen molar-refractivity contribution in [3.05, 3.63) is 24.4 Å². The Balaban J connectivity index is 0.00000484. The number of nitrogens with zero attached hydrogens (tertiary/aromatic N) is 1. The van der Waals surface area contributed by atoms with Crippen LogP contribution in [0.3, 0.4) is 0 Å². The third-order valence-corrected chi connectivity index (χ3v) is 4.68. The molecule has 23 heavy (non-hydrogen) atoms. The number of hydrogen-bond acceptors (Lipinski definition) is 1. The van der Waals surface area contributed by atoms with Gasteiger partial charge < -0.3 is 4.90 Å². The second-order valence-corrected chi connectivity index (χ2v) is 6.86. The first-order valence-corrected chi connectivity index (χ1v) is 10.0. The van der Waals surface area contributed by atoms with Gasteiger partial charge in [0, 0.05) is 30.2 Å². The molecular formula is C21H39MnN. The average Bonchev–Trinajstić information content (AvgIpc) is 2.56. The van der Waals surface area contributed by atoms with Crippen molar-refractivity contribution in [3.8, 4) is 0 Å². The minimum absolute atomic E-state index is 0. The van der Waals surface area contributed by atoms with E-state index in [2.05, 4.69) is 36.3 Å². The zero-order chi connectivity index (χ0) is 15.7. The third kappa shape index (κ3) is 15.1. The van der Waals surface area contributed by atoms with E-state index in [-0.39, 0.29) is 17.1 Å². The molecule has 0 N–H and O–H groups in total. The molecule has 0 bridgehead atoms. The smallest absolute Gasteiger partial charge is 0.0357 e. The maximum Gasteiger partial charge on any atom is 0.0357 e. The molecule has 0 aromatic carbocycles. The molecule has 1 aliphatic heterocycles. The van der Waals surface area contributed by atoms with Crippen molar-refractivity contribution >= 4 is 0 Å². The fraction of sp³-hybridized carbons (Fsp3) is 0.810. The molecule has 0 aromatic heterocycles. The van der Waals surface area contributed by atoms with E-state index in [4.69, 9.17) is 0 Å². The zero-order valence-corrected chi connectivity index (χ0v) is 16.6. The van der Waals surface area contributed by atoms with E-state index in [0.29, 0.717) is 0 Å². The van der Waals surface area contributed by atoms with Crippen molar-refractivity contribution in [3.63, 3.8) is 0 Å². The Labute approximate surface area is 156 Å². The van der Waals surface area contributed by atoms with Gasteiger partial charge >= 0.3 is 0 Å². The van der Waals surface area contributed by atoms with Crippen LogP contribution in [-0.2, 0) is 17.1 Å². The second-order valence-electron chi connectivity index (χ2n) is 6.86. The van der Waals surface area contributed by atoms with Crippen molar-refractivity contribution in [1.82, 2.24) is 4.90 Å². The van der Waals surface area contributed by atoms with Gasteiger partial charge in [0.25, 0.3) is 0 Å². The normalized spacial score (nSPS) is 13.3. The monoisotopic (exact) mass is 360 g/mol. The van der Waals surface area contributed by atoms with Crippen LogP contribution in [0.4, 0.5) is 0 Å². The first-order valence-electron chi connectivity index (χ1n) is 10.0. The molecule has 1 nitrogen and oxygen atoms in total. The fourth-order valence-electron chi connectivity index (χ4n) is 3.18. The maximum absolute atomic E-state index is 2.42. The van der Waals surface area contributed by atoms with Gasteiger partial charge in [0.15, 0.2) is 0 Å². The zero-order valence-electron chi connectivity index (χ0n) is 15.4. The Morgan fingerprint density at radius 1 is 0.652 bits per heavy atom. The molecular weight excluding hydrogens is 321 g/mol. The van der Waals surface area contributed by atoms with E-state index in [1.54, 1.807) is 0 Å². The van der Waals surface area contributed by atoms with Crippen LogP contribution >= 0.6 is 0 Å². The summed E-state index contributed by atoms with van der Waals surface area (Å²) >= 11 is 0. The van der Waals surface area contributed by atoms with E-state index in [1.165, 1.54) is 96.4 Å². The molecule has 2 heteroatoms. The van der Waals surface area contributed by atoms with Gasteiger partial charge in [0.2, 0.25) is 0 Å². The molecule has 1 aliphatic rings. The fourth-order valence-corrected chi connectivity index (χ4v) is 3.18. The second kappa shape index (κ2) is 18.1. The number of allylic oxidation sites excluding steroid dienone is 2. The van der Waals surface area contributed by atoms with Crippen molar-refractivity contribution in [2.45, 2.75) is 96.8 Å². The Hall–Kier alpha value is -0.201. The summed E-state index contributed by atoms with van der Waals surface area (Å²) in [6.45, 7) is 4.63. The molecule has 1 rings (SSSR count). The van der Waals surface area contributed by atoms with Crippen LogP contribution in [0.2, 0.25) is 0 Å². The minimum Gasteiger partial charge on any atom is -0.374 e. The van der Waals surface area contributed by atoms with E-state index in [9.17, 15) is 0 Å². The van der Waals surface area contributed by atoms with Gasteiger partial charge in [-0.15, -0.1) is 0 Å². The maximum atomic E-state index is 2.42. The SMILES string of the molecule is CCCCCCCCCCCCCCCCN1C=CC=CC1.[Mn]. The number of rotatable bonds is 15. The van der Waals surface area contributed by atoms with Crippen molar-refractivity contribution in [1.29, 1.82) is 0 Å². The summed E-state index contributed by atoms with van der Waals surface area (Å²) in [5.74, 6) is 0. The summed E-state index contributed by atoms with van der Waals surface area (Å²) in [6, 6.07) is 0. The molecule has 0 spiro atoms. The Bertz CT molecular complexity index is 286. The number of unbranched alkanes of at least 4 members (excludes halogenated alkanes) is 13. The Morgan fingerprint density at radius 2 is 1.13 bits per heavy atom. The molecule has 0 saturated heterocycles. The summed E-state index contributed by atoms with van der Waals surface area (Å²) in [6.07, 6.45) is 28.9. The van der Waals surface area contributed by atoms with E-state index < -0.39 is 0 Å². The van der Waals surface area contributed by atoms with Gasteiger partial charge in [-0.2, -0.15) is 0 Å². The summed E-state index contributed by atoms with van der Waals surface area (Å²) in [5, 5.41) is 0. The molecule has 0 fully saturated rings. The topological polar surface area (TPSA) is 3.24 Å². The van der Waals surface area contributed by atoms with Gasteiger partial charge in [-0.05, 0) is 18.7 Å². The van der Waals surface area contributed by atoms with Gasteiger partial charge in [0.1, 0.15) is 0 Å². The van der Waals surface area contributed by atoms with Crippen LogP contribution in [0.15, 0.2) is 24.4 Å². The van der Waals surface area contributed by atoms with Crippen LogP contribution in [0.1, 0.15) is 96.8 Å². The predicted octanol–water partition coefficient (Wildman–Crippen LogP) is 6.85. The van der Waals surface area contributed by atoms with Crippen molar-refractivity contribution < 1.29 is 17.1 Å². The van der Waals surface area contributed by atoms with Crippen molar-refractivity contribution in [2.24, 2.45) is 0 Å². The van der Waals surface area contributed by atoms with Crippen LogP contribution in [0.25, 0.3) is 0 Å². The molecule has 0 atom stereocenters. The van der Waals surface area contributed by atoms with Crippen LogP contribution in [-0.4, -0.2) is 18.0 Å². The molecule has 0 amide bonds. The predicted molar refractivity (Wildman–Crippen MR) is 100 cm³/mol. The molecule has 0 saturated carbocycles. The molecule has 1 heterocycles. The largest absolute Gasteiger partial charge is 0.374 e. The summed E-state index contributed by atoms with van der Waals surface area (Å²) in [4.78, 5) is 2.42. The van der Waals surface area contributed by atoms with E-state index in [0.717, 1.165) is 6.54 Å². The number of hydrogen-bond donors (Lipinski definition) is 0. The summed E-state index contributed by atoms with van der Waals surface area (Å²) < 4.78 is 0. The first kappa shape index (κ1) is 22.8. The van der Waals surface area contributed by atoms with E-state index in [1.807, 2.05) is 0 Å². The minimum atomic E-state index is 0. The summed E-state index contributed by atoms with van der Waals surface area (Å²) in [5.41, 5.74) is 0. The van der Waals surface area contributed by atoms with Crippen LogP contribution < -0.4 is 0 Å². The summed E-state index contributed by atoms with van der Waals surface area (Å²) in [7, 11) is 0. The Kier molecular flexibility index (Phi) is 18.0.